The molecule has 2 heterocycles. The van der Waals surface area contributed by atoms with E-state index in [1.165, 1.54) is 10.8 Å². The lowest BCUT2D eigenvalue weighted by atomic mass is 10.1. The van der Waals surface area contributed by atoms with E-state index in [1.54, 1.807) is 30.9 Å². The number of oxazole rings is 1. The van der Waals surface area contributed by atoms with Gasteiger partial charge < -0.3 is 4.42 Å². The summed E-state index contributed by atoms with van der Waals surface area (Å²) < 4.78 is 8.19. The summed E-state index contributed by atoms with van der Waals surface area (Å²) in [5, 5.41) is 4.05. The zero-order valence-electron chi connectivity index (χ0n) is 10.5. The fourth-order valence-corrected chi connectivity index (χ4v) is 2.18. The van der Waals surface area contributed by atoms with Crippen LogP contribution in [0.1, 0.15) is 10.4 Å². The van der Waals surface area contributed by atoms with Gasteiger partial charge in [-0.15, -0.1) is 0 Å². The van der Waals surface area contributed by atoms with Gasteiger partial charge in [-0.05, 0) is 12.1 Å². The lowest BCUT2D eigenvalue weighted by Gasteiger charge is -2.03. The Hall–Kier alpha value is -2.63. The number of hydrogen-bond acceptors (Lipinski definition) is 4. The molecule has 3 aromatic rings. The van der Waals surface area contributed by atoms with Crippen LogP contribution in [0.3, 0.4) is 0 Å². The normalized spacial score (nSPS) is 11.1. The Labute approximate surface area is 107 Å². The lowest BCUT2D eigenvalue weighted by molar-refractivity contribution is 0.112. The molecular formula is C13H11N3O3. The van der Waals surface area contributed by atoms with Gasteiger partial charge >= 0.3 is 5.76 Å². The summed E-state index contributed by atoms with van der Waals surface area (Å²) in [6.45, 7) is 0. The van der Waals surface area contributed by atoms with Crippen LogP contribution < -0.4 is 5.76 Å². The summed E-state index contributed by atoms with van der Waals surface area (Å²) >= 11 is 0. The number of aldehydes is 1. The first-order valence-corrected chi connectivity index (χ1v) is 5.69. The number of aryl methyl sites for hydroxylation is 2. The molecule has 0 atom stereocenters. The third-order valence-electron chi connectivity index (χ3n) is 3.16. The van der Waals surface area contributed by atoms with Crippen molar-refractivity contribution in [3.8, 4) is 11.3 Å². The molecule has 2 aromatic heterocycles. The van der Waals surface area contributed by atoms with E-state index in [-0.39, 0.29) is 0 Å². The first-order chi connectivity index (χ1) is 9.11. The van der Waals surface area contributed by atoms with Crippen LogP contribution in [0.25, 0.3) is 22.4 Å². The van der Waals surface area contributed by atoms with Gasteiger partial charge in [-0.1, -0.05) is 6.07 Å². The molecule has 3 rings (SSSR count). The smallest absolute Gasteiger partial charge is 0.408 e. The summed E-state index contributed by atoms with van der Waals surface area (Å²) in [6, 6.07) is 5.36. The fourth-order valence-electron chi connectivity index (χ4n) is 2.18. The molecule has 0 saturated carbocycles. The van der Waals surface area contributed by atoms with Gasteiger partial charge in [0, 0.05) is 19.7 Å². The van der Waals surface area contributed by atoms with Crippen LogP contribution in [-0.4, -0.2) is 20.6 Å². The van der Waals surface area contributed by atoms with Crippen molar-refractivity contribution < 1.29 is 9.21 Å². The number of fused-ring (bicyclic) bond motifs is 1. The fraction of sp³-hybridized carbons (Fsp3) is 0.154. The van der Waals surface area contributed by atoms with Gasteiger partial charge in [0.25, 0.3) is 0 Å². The summed E-state index contributed by atoms with van der Waals surface area (Å²) in [5.74, 6) is -0.409. The van der Waals surface area contributed by atoms with Crippen LogP contribution >= 0.6 is 0 Å². The van der Waals surface area contributed by atoms with Crippen molar-refractivity contribution in [2.45, 2.75) is 0 Å². The number of rotatable bonds is 2. The van der Waals surface area contributed by atoms with Gasteiger partial charge in [0.05, 0.1) is 23.0 Å². The minimum Gasteiger partial charge on any atom is -0.408 e. The Morgan fingerprint density at radius 1 is 1.32 bits per heavy atom. The molecule has 0 saturated heterocycles. The number of hydrogen-bond donors (Lipinski definition) is 0. The molecule has 0 radical (unpaired) electrons. The lowest BCUT2D eigenvalue weighted by Crippen LogP contribution is -2.08. The zero-order valence-corrected chi connectivity index (χ0v) is 10.5. The Kier molecular flexibility index (Phi) is 2.38. The first-order valence-electron chi connectivity index (χ1n) is 5.69. The maximum atomic E-state index is 11.4. The maximum Gasteiger partial charge on any atom is 0.419 e. The number of aromatic nitrogens is 3. The molecule has 0 aliphatic carbocycles. The number of benzene rings is 1. The van der Waals surface area contributed by atoms with Crippen molar-refractivity contribution in [2.75, 3.05) is 0 Å². The first kappa shape index (κ1) is 11.5. The van der Waals surface area contributed by atoms with Gasteiger partial charge in [0.15, 0.2) is 11.9 Å². The Balaban J connectivity index is 2.29. The van der Waals surface area contributed by atoms with Crippen molar-refractivity contribution in [3.63, 3.8) is 0 Å². The van der Waals surface area contributed by atoms with Crippen LogP contribution in [0.15, 0.2) is 33.6 Å². The summed E-state index contributed by atoms with van der Waals surface area (Å²) in [4.78, 5) is 22.5. The van der Waals surface area contributed by atoms with E-state index in [0.717, 1.165) is 11.8 Å². The average Bonchev–Trinajstić information content (AvgIpc) is 2.90. The predicted molar refractivity (Wildman–Crippen MR) is 69.0 cm³/mol. The second-order valence-electron chi connectivity index (χ2n) is 4.30. The van der Waals surface area contributed by atoms with Crippen LogP contribution in [0.4, 0.5) is 0 Å². The quantitative estimate of drug-likeness (QED) is 0.650. The molecule has 6 nitrogen and oxygen atoms in total. The summed E-state index contributed by atoms with van der Waals surface area (Å²) in [5.41, 5.74) is 3.18. The highest BCUT2D eigenvalue weighted by Crippen LogP contribution is 2.25. The van der Waals surface area contributed by atoms with Crippen LogP contribution in [0.5, 0.6) is 0 Å². The monoisotopic (exact) mass is 257 g/mol. The van der Waals surface area contributed by atoms with Crippen LogP contribution in [-0.2, 0) is 14.1 Å². The maximum absolute atomic E-state index is 11.4. The van der Waals surface area contributed by atoms with E-state index in [1.807, 2.05) is 6.07 Å². The van der Waals surface area contributed by atoms with Gasteiger partial charge in [-0.25, -0.2) is 4.79 Å². The molecule has 0 amide bonds. The van der Waals surface area contributed by atoms with Crippen LogP contribution in [0.2, 0.25) is 0 Å². The second kappa shape index (κ2) is 3.94. The Morgan fingerprint density at radius 2 is 2.11 bits per heavy atom. The molecule has 0 bridgehead atoms. The molecule has 19 heavy (non-hydrogen) atoms. The van der Waals surface area contributed by atoms with Gasteiger partial charge in [0.1, 0.15) is 0 Å². The van der Waals surface area contributed by atoms with E-state index >= 15 is 0 Å². The van der Waals surface area contributed by atoms with Crippen molar-refractivity contribution >= 4 is 17.4 Å². The van der Waals surface area contributed by atoms with Crippen molar-refractivity contribution in [3.05, 3.63) is 40.5 Å². The molecule has 1 aromatic carbocycles. The molecule has 0 spiro atoms. The highest BCUT2D eigenvalue weighted by molar-refractivity contribution is 5.88. The minimum absolute atomic E-state index is 0.409. The van der Waals surface area contributed by atoms with Crippen molar-refractivity contribution in [1.82, 2.24) is 14.3 Å². The molecule has 0 unspecified atom stereocenters. The molecular weight excluding hydrogens is 246 g/mol. The highest BCUT2D eigenvalue weighted by Gasteiger charge is 2.13. The Bertz CT molecular complexity index is 839. The van der Waals surface area contributed by atoms with E-state index in [0.29, 0.717) is 22.4 Å². The topological polar surface area (TPSA) is 70.0 Å². The van der Waals surface area contributed by atoms with E-state index < -0.39 is 5.76 Å². The van der Waals surface area contributed by atoms with E-state index in [2.05, 4.69) is 5.10 Å². The third-order valence-corrected chi connectivity index (χ3v) is 3.16. The van der Waals surface area contributed by atoms with Crippen LogP contribution in [0, 0.1) is 0 Å². The van der Waals surface area contributed by atoms with Crippen molar-refractivity contribution in [1.29, 1.82) is 0 Å². The summed E-state index contributed by atoms with van der Waals surface area (Å²) in [7, 11) is 3.41. The molecule has 0 aliphatic heterocycles. The summed E-state index contributed by atoms with van der Waals surface area (Å²) in [6.07, 6.45) is 2.27. The number of nitrogens with zero attached hydrogens (tertiary/aromatic N) is 3. The number of carbonyl (C=O) groups excluding carboxylic acids is 1. The van der Waals surface area contributed by atoms with Gasteiger partial charge in [0.2, 0.25) is 0 Å². The minimum atomic E-state index is -0.409. The molecule has 6 heteroatoms. The molecule has 0 N–H and O–H groups in total. The SMILES string of the molecule is Cn1ncc(C=O)c1-c1ccc2c(c1)oc(=O)n2C. The Morgan fingerprint density at radius 3 is 2.84 bits per heavy atom. The third kappa shape index (κ3) is 1.61. The average molecular weight is 257 g/mol. The predicted octanol–water partition coefficient (Wildman–Crippen LogP) is 1.34. The molecule has 0 aliphatic rings. The highest BCUT2D eigenvalue weighted by atomic mass is 16.4. The standard InChI is InChI=1S/C13H11N3O3/c1-15-10-4-3-8(5-11(10)19-13(15)18)12-9(7-17)6-14-16(12)2/h3-7H,1-2H3. The molecule has 96 valence electrons. The largest absolute Gasteiger partial charge is 0.419 e. The van der Waals surface area contributed by atoms with Gasteiger partial charge in [-0.2, -0.15) is 5.10 Å². The van der Waals surface area contributed by atoms with Crippen molar-refractivity contribution in [2.24, 2.45) is 14.1 Å². The second-order valence-corrected chi connectivity index (χ2v) is 4.30. The van der Waals surface area contributed by atoms with Gasteiger partial charge in [-0.3, -0.25) is 14.0 Å². The molecule has 0 fully saturated rings. The zero-order chi connectivity index (χ0) is 13.6. The van der Waals surface area contributed by atoms with E-state index in [4.69, 9.17) is 4.42 Å². The number of carbonyl (C=O) groups is 1. The van der Waals surface area contributed by atoms with E-state index in [9.17, 15) is 9.59 Å².